The molecule has 0 atom stereocenters. The van der Waals surface area contributed by atoms with Crippen molar-refractivity contribution in [3.05, 3.63) is 70.5 Å². The van der Waals surface area contributed by atoms with Gasteiger partial charge in [0.05, 0.1) is 11.6 Å². The fourth-order valence-corrected chi connectivity index (χ4v) is 1.79. The maximum atomic E-state index is 13.0. The third kappa shape index (κ3) is 5.12. The van der Waals surface area contributed by atoms with E-state index in [1.807, 2.05) is 30.3 Å². The van der Waals surface area contributed by atoms with Gasteiger partial charge in [-0.25, -0.2) is 9.18 Å². The molecule has 0 aliphatic rings. The molecule has 0 aliphatic heterocycles. The molecular formula is C17H13ClFNO2. The molecule has 112 valence electrons. The largest absolute Gasteiger partial charge is 0.445 e. The Morgan fingerprint density at radius 3 is 2.77 bits per heavy atom. The lowest BCUT2D eigenvalue weighted by Crippen LogP contribution is -2.24. The summed E-state index contributed by atoms with van der Waals surface area (Å²) in [6, 6.07) is 13.3. The third-order valence-corrected chi connectivity index (χ3v) is 3.01. The number of ether oxygens (including phenoxy) is 1. The minimum Gasteiger partial charge on any atom is -0.445 e. The lowest BCUT2D eigenvalue weighted by molar-refractivity contribution is 0.141. The van der Waals surface area contributed by atoms with Gasteiger partial charge in [-0.3, -0.25) is 0 Å². The van der Waals surface area contributed by atoms with Crippen molar-refractivity contribution in [1.82, 2.24) is 5.32 Å². The lowest BCUT2D eigenvalue weighted by atomic mass is 10.2. The number of benzene rings is 2. The van der Waals surface area contributed by atoms with Gasteiger partial charge < -0.3 is 10.1 Å². The second-order valence-electron chi connectivity index (χ2n) is 4.34. The van der Waals surface area contributed by atoms with Crippen LogP contribution in [0, 0.1) is 17.7 Å². The summed E-state index contributed by atoms with van der Waals surface area (Å²) in [6.07, 6.45) is -0.566. The molecule has 22 heavy (non-hydrogen) atoms. The summed E-state index contributed by atoms with van der Waals surface area (Å²) in [4.78, 5) is 11.5. The van der Waals surface area contributed by atoms with Gasteiger partial charge >= 0.3 is 6.09 Å². The van der Waals surface area contributed by atoms with Crippen molar-refractivity contribution in [3.63, 3.8) is 0 Å². The number of hydrogen-bond acceptors (Lipinski definition) is 2. The Balaban J connectivity index is 1.78. The van der Waals surface area contributed by atoms with Gasteiger partial charge in [-0.1, -0.05) is 53.8 Å². The van der Waals surface area contributed by atoms with E-state index in [1.54, 1.807) is 0 Å². The second-order valence-corrected chi connectivity index (χ2v) is 4.75. The number of carbonyl (C=O) groups is 1. The minimum absolute atomic E-state index is 0.0838. The summed E-state index contributed by atoms with van der Waals surface area (Å²) in [5.74, 6) is 4.96. The van der Waals surface area contributed by atoms with Crippen molar-refractivity contribution >= 4 is 17.7 Å². The Bertz CT molecular complexity index is 708. The molecular weight excluding hydrogens is 305 g/mol. The molecule has 5 heteroatoms. The van der Waals surface area contributed by atoms with Crippen LogP contribution in [0.1, 0.15) is 11.1 Å². The normalized spacial score (nSPS) is 9.55. The zero-order valence-electron chi connectivity index (χ0n) is 11.6. The lowest BCUT2D eigenvalue weighted by Gasteiger charge is -2.04. The van der Waals surface area contributed by atoms with Gasteiger partial charge in [0.1, 0.15) is 12.4 Å². The molecule has 1 amide bonds. The average Bonchev–Trinajstić information content (AvgIpc) is 2.53. The summed E-state index contributed by atoms with van der Waals surface area (Å²) >= 11 is 5.87. The first-order chi connectivity index (χ1) is 10.6. The molecule has 0 radical (unpaired) electrons. The van der Waals surface area contributed by atoms with Crippen LogP contribution in [-0.4, -0.2) is 12.6 Å². The minimum atomic E-state index is -0.566. The number of nitrogens with one attached hydrogen (secondary N) is 1. The van der Waals surface area contributed by atoms with Crippen LogP contribution in [-0.2, 0) is 11.3 Å². The SMILES string of the molecule is O=C(NCC#Cc1cc(F)ccc1Cl)OCc1ccccc1. The Morgan fingerprint density at radius 2 is 2.00 bits per heavy atom. The van der Waals surface area contributed by atoms with E-state index in [-0.39, 0.29) is 13.2 Å². The molecule has 0 bridgehead atoms. The maximum Gasteiger partial charge on any atom is 0.408 e. The molecule has 0 fully saturated rings. The van der Waals surface area contributed by atoms with Crippen molar-refractivity contribution in [3.8, 4) is 11.8 Å². The molecule has 0 spiro atoms. The average molecular weight is 318 g/mol. The van der Waals surface area contributed by atoms with Crippen LogP contribution in [0.5, 0.6) is 0 Å². The van der Waals surface area contributed by atoms with Crippen LogP contribution in [0.15, 0.2) is 48.5 Å². The van der Waals surface area contributed by atoms with Crippen LogP contribution >= 0.6 is 11.6 Å². The smallest absolute Gasteiger partial charge is 0.408 e. The first-order valence-corrected chi connectivity index (χ1v) is 6.91. The van der Waals surface area contributed by atoms with Crippen molar-refractivity contribution < 1.29 is 13.9 Å². The summed E-state index contributed by atoms with van der Waals surface area (Å²) in [7, 11) is 0. The number of alkyl carbamates (subject to hydrolysis) is 1. The van der Waals surface area contributed by atoms with E-state index in [0.29, 0.717) is 10.6 Å². The van der Waals surface area contributed by atoms with Crippen LogP contribution in [0.4, 0.5) is 9.18 Å². The summed E-state index contributed by atoms with van der Waals surface area (Å²) < 4.78 is 18.0. The number of hydrogen-bond donors (Lipinski definition) is 1. The summed E-state index contributed by atoms with van der Waals surface area (Å²) in [6.45, 7) is 0.274. The van der Waals surface area contributed by atoms with Crippen molar-refractivity contribution in [1.29, 1.82) is 0 Å². The molecule has 2 aromatic rings. The third-order valence-electron chi connectivity index (χ3n) is 2.69. The van der Waals surface area contributed by atoms with Crippen LogP contribution in [0.2, 0.25) is 5.02 Å². The zero-order valence-corrected chi connectivity index (χ0v) is 12.4. The summed E-state index contributed by atoms with van der Waals surface area (Å²) in [5, 5.41) is 2.85. The van der Waals surface area contributed by atoms with E-state index in [2.05, 4.69) is 17.2 Å². The number of rotatable bonds is 3. The fraction of sp³-hybridized carbons (Fsp3) is 0.118. The van der Waals surface area contributed by atoms with Crippen LogP contribution in [0.25, 0.3) is 0 Å². The Morgan fingerprint density at radius 1 is 1.23 bits per heavy atom. The molecule has 1 N–H and O–H groups in total. The molecule has 0 saturated heterocycles. The fourth-order valence-electron chi connectivity index (χ4n) is 1.62. The Hall–Kier alpha value is -2.51. The molecule has 0 saturated carbocycles. The topological polar surface area (TPSA) is 38.3 Å². The number of halogens is 2. The highest BCUT2D eigenvalue weighted by Gasteiger charge is 2.01. The predicted molar refractivity (Wildman–Crippen MR) is 82.9 cm³/mol. The second kappa shape index (κ2) is 8.06. The van der Waals surface area contributed by atoms with Crippen LogP contribution < -0.4 is 5.32 Å². The Kier molecular flexibility index (Phi) is 5.81. The van der Waals surface area contributed by atoms with Gasteiger partial charge in [-0.2, -0.15) is 0 Å². The molecule has 0 heterocycles. The molecule has 3 nitrogen and oxygen atoms in total. The van der Waals surface area contributed by atoms with Gasteiger partial charge in [-0.05, 0) is 23.8 Å². The number of amides is 1. The van der Waals surface area contributed by atoms with E-state index in [4.69, 9.17) is 16.3 Å². The van der Waals surface area contributed by atoms with E-state index in [9.17, 15) is 9.18 Å². The van der Waals surface area contributed by atoms with Crippen molar-refractivity contribution in [2.75, 3.05) is 6.54 Å². The van der Waals surface area contributed by atoms with E-state index in [1.165, 1.54) is 18.2 Å². The van der Waals surface area contributed by atoms with Gasteiger partial charge in [0.15, 0.2) is 0 Å². The van der Waals surface area contributed by atoms with Gasteiger partial charge in [0.25, 0.3) is 0 Å². The molecule has 2 rings (SSSR count). The molecule has 0 aromatic heterocycles. The molecule has 0 unspecified atom stereocenters. The van der Waals surface area contributed by atoms with E-state index < -0.39 is 11.9 Å². The highest BCUT2D eigenvalue weighted by atomic mass is 35.5. The zero-order chi connectivity index (χ0) is 15.8. The Labute approximate surface area is 133 Å². The highest BCUT2D eigenvalue weighted by molar-refractivity contribution is 6.31. The molecule has 0 aliphatic carbocycles. The first-order valence-electron chi connectivity index (χ1n) is 6.53. The summed E-state index contributed by atoms with van der Waals surface area (Å²) in [5.41, 5.74) is 1.27. The van der Waals surface area contributed by atoms with Crippen LogP contribution in [0.3, 0.4) is 0 Å². The van der Waals surface area contributed by atoms with Gasteiger partial charge in [0, 0.05) is 5.56 Å². The van der Waals surface area contributed by atoms with Crippen molar-refractivity contribution in [2.45, 2.75) is 6.61 Å². The standard InChI is InChI=1S/C17H13ClFNO2/c18-16-9-8-15(19)11-14(16)7-4-10-20-17(21)22-12-13-5-2-1-3-6-13/h1-3,5-6,8-9,11H,10,12H2,(H,20,21). The van der Waals surface area contributed by atoms with E-state index >= 15 is 0 Å². The first kappa shape index (κ1) is 15.9. The molecule has 2 aromatic carbocycles. The van der Waals surface area contributed by atoms with Gasteiger partial charge in [-0.15, -0.1) is 0 Å². The van der Waals surface area contributed by atoms with Gasteiger partial charge in [0.2, 0.25) is 0 Å². The predicted octanol–water partition coefficient (Wildman–Crippen LogP) is 3.76. The quantitative estimate of drug-likeness (QED) is 0.875. The van der Waals surface area contributed by atoms with E-state index in [0.717, 1.165) is 5.56 Å². The monoisotopic (exact) mass is 317 g/mol. The highest BCUT2D eigenvalue weighted by Crippen LogP contribution is 2.15. The number of carbonyl (C=O) groups excluding carboxylic acids is 1. The van der Waals surface area contributed by atoms with Crippen molar-refractivity contribution in [2.24, 2.45) is 0 Å². The maximum absolute atomic E-state index is 13.0.